The average molecular weight is 413 g/mol. The minimum Gasteiger partial charge on any atom is -0.468 e. The summed E-state index contributed by atoms with van der Waals surface area (Å²) in [6.45, 7) is 0.0480. The zero-order chi connectivity index (χ0) is 15.3. The number of hydrogen-bond acceptors (Lipinski definition) is 5. The van der Waals surface area contributed by atoms with Gasteiger partial charge >= 0.3 is 5.97 Å². The van der Waals surface area contributed by atoms with Gasteiger partial charge in [0.1, 0.15) is 3.92 Å². The van der Waals surface area contributed by atoms with Crippen molar-refractivity contribution in [3.63, 3.8) is 0 Å². The largest absolute Gasteiger partial charge is 0.468 e. The molecule has 0 saturated carbocycles. The minimum atomic E-state index is -0.641. The molecule has 1 aromatic carbocycles. The highest BCUT2D eigenvalue weighted by molar-refractivity contribution is 14.1. The quantitative estimate of drug-likeness (QED) is 0.262. The molecule has 9 heteroatoms. The van der Waals surface area contributed by atoms with E-state index in [-0.39, 0.29) is 22.8 Å². The van der Waals surface area contributed by atoms with Gasteiger partial charge < -0.3 is 10.1 Å². The SMILES string of the molecule is COC(=O)C(I)CNC(=O)c1cc(Cl)cc([N+](=O)[O-])c1. The zero-order valence-corrected chi connectivity index (χ0v) is 13.2. The number of alkyl halides is 1. The summed E-state index contributed by atoms with van der Waals surface area (Å²) in [5.74, 6) is -1.02. The Morgan fingerprint density at radius 3 is 2.70 bits per heavy atom. The van der Waals surface area contributed by atoms with Crippen LogP contribution in [0.5, 0.6) is 0 Å². The zero-order valence-electron chi connectivity index (χ0n) is 10.3. The van der Waals surface area contributed by atoms with Crippen LogP contribution in [-0.2, 0) is 9.53 Å². The number of nitro groups is 1. The second-order valence-electron chi connectivity index (χ2n) is 3.66. The molecule has 0 bridgehead atoms. The lowest BCUT2D eigenvalue weighted by atomic mass is 10.2. The number of nitrogens with one attached hydrogen (secondary N) is 1. The molecule has 0 aliphatic heterocycles. The van der Waals surface area contributed by atoms with Crippen molar-refractivity contribution in [3.05, 3.63) is 38.9 Å². The molecule has 1 atom stereocenters. The van der Waals surface area contributed by atoms with Crippen LogP contribution in [-0.4, -0.2) is 34.4 Å². The molecule has 0 aliphatic carbocycles. The lowest BCUT2D eigenvalue weighted by Gasteiger charge is -2.09. The van der Waals surface area contributed by atoms with E-state index in [0.717, 1.165) is 12.1 Å². The maximum absolute atomic E-state index is 11.8. The van der Waals surface area contributed by atoms with Crippen molar-refractivity contribution in [2.24, 2.45) is 0 Å². The van der Waals surface area contributed by atoms with Crippen molar-refractivity contribution in [2.45, 2.75) is 3.92 Å². The highest BCUT2D eigenvalue weighted by Gasteiger charge is 2.18. The van der Waals surface area contributed by atoms with Crippen LogP contribution in [0.15, 0.2) is 18.2 Å². The topological polar surface area (TPSA) is 98.5 Å². The molecule has 0 aliphatic rings. The first-order chi connectivity index (χ1) is 9.35. The molecule has 7 nitrogen and oxygen atoms in total. The van der Waals surface area contributed by atoms with Gasteiger partial charge in [-0.05, 0) is 6.07 Å². The van der Waals surface area contributed by atoms with Crippen LogP contribution < -0.4 is 5.32 Å². The van der Waals surface area contributed by atoms with E-state index >= 15 is 0 Å². The molecule has 1 aromatic rings. The Morgan fingerprint density at radius 1 is 1.50 bits per heavy atom. The second-order valence-corrected chi connectivity index (χ2v) is 5.60. The Bertz CT molecular complexity index is 552. The van der Waals surface area contributed by atoms with Gasteiger partial charge in [0.15, 0.2) is 0 Å². The number of nitrogens with zero attached hydrogens (tertiary/aromatic N) is 1. The maximum Gasteiger partial charge on any atom is 0.320 e. The van der Waals surface area contributed by atoms with Gasteiger partial charge in [-0.15, -0.1) is 0 Å². The van der Waals surface area contributed by atoms with Crippen LogP contribution in [0, 0.1) is 10.1 Å². The number of esters is 1. The Morgan fingerprint density at radius 2 is 2.15 bits per heavy atom. The fourth-order valence-electron chi connectivity index (χ4n) is 1.31. The Hall–Kier alpha value is -1.42. The second kappa shape index (κ2) is 7.39. The van der Waals surface area contributed by atoms with Gasteiger partial charge in [0.2, 0.25) is 0 Å². The number of carbonyl (C=O) groups excluding carboxylic acids is 2. The van der Waals surface area contributed by atoms with E-state index in [0.29, 0.717) is 0 Å². The number of nitro benzene ring substituents is 1. The predicted octanol–water partition coefficient (Wildman–Crippen LogP) is 1.95. The van der Waals surface area contributed by atoms with Crippen LogP contribution >= 0.6 is 34.2 Å². The lowest BCUT2D eigenvalue weighted by Crippen LogP contribution is -2.33. The molecule has 1 amide bonds. The van der Waals surface area contributed by atoms with Gasteiger partial charge in [0, 0.05) is 29.3 Å². The first kappa shape index (κ1) is 16.6. The minimum absolute atomic E-state index is 0.0480. The Kier molecular flexibility index (Phi) is 6.14. The molecule has 1 unspecified atom stereocenters. The average Bonchev–Trinajstić information content (AvgIpc) is 2.42. The van der Waals surface area contributed by atoms with Crippen molar-refractivity contribution in [1.82, 2.24) is 5.32 Å². The third-order valence-corrected chi connectivity index (χ3v) is 3.42. The van der Waals surface area contributed by atoms with E-state index in [1.54, 1.807) is 0 Å². The molecule has 0 aromatic heterocycles. The third kappa shape index (κ3) is 4.60. The molecule has 108 valence electrons. The van der Waals surface area contributed by atoms with Gasteiger partial charge in [-0.1, -0.05) is 34.2 Å². The summed E-state index contributed by atoms with van der Waals surface area (Å²) in [4.78, 5) is 33.0. The van der Waals surface area contributed by atoms with Crippen LogP contribution in [0.3, 0.4) is 0 Å². The predicted molar refractivity (Wildman–Crippen MR) is 80.3 cm³/mol. The first-order valence-electron chi connectivity index (χ1n) is 5.30. The Labute approximate surface area is 132 Å². The maximum atomic E-state index is 11.8. The molecule has 1 rings (SSSR count). The number of carbonyl (C=O) groups is 2. The smallest absolute Gasteiger partial charge is 0.320 e. The Balaban J connectivity index is 2.78. The van der Waals surface area contributed by atoms with E-state index in [9.17, 15) is 19.7 Å². The van der Waals surface area contributed by atoms with Crippen LogP contribution in [0.1, 0.15) is 10.4 Å². The molecule has 1 N–H and O–H groups in total. The number of ether oxygens (including phenoxy) is 1. The van der Waals surface area contributed by atoms with Crippen molar-refractivity contribution in [3.8, 4) is 0 Å². The van der Waals surface area contributed by atoms with Gasteiger partial charge in [-0.2, -0.15) is 0 Å². The molecule has 0 fully saturated rings. The van der Waals surface area contributed by atoms with Gasteiger partial charge in [-0.25, -0.2) is 0 Å². The summed E-state index contributed by atoms with van der Waals surface area (Å²) in [6, 6.07) is 3.57. The van der Waals surface area contributed by atoms with Crippen molar-refractivity contribution < 1.29 is 19.2 Å². The lowest BCUT2D eigenvalue weighted by molar-refractivity contribution is -0.384. The fraction of sp³-hybridized carbons (Fsp3) is 0.273. The normalized spacial score (nSPS) is 11.6. The van der Waals surface area contributed by atoms with Crippen molar-refractivity contribution >= 4 is 51.8 Å². The molecule has 20 heavy (non-hydrogen) atoms. The highest BCUT2D eigenvalue weighted by Crippen LogP contribution is 2.20. The number of methoxy groups -OCH3 is 1. The number of rotatable bonds is 5. The van der Waals surface area contributed by atoms with Crippen molar-refractivity contribution in [1.29, 1.82) is 0 Å². The number of halogens is 2. The monoisotopic (exact) mass is 412 g/mol. The number of benzene rings is 1. The fourth-order valence-corrected chi connectivity index (χ4v) is 2.01. The summed E-state index contributed by atoms with van der Waals surface area (Å²) < 4.78 is 3.97. The number of amides is 1. The standard InChI is InChI=1S/C11H10ClIN2O5/c1-20-11(17)9(13)5-14-10(16)6-2-7(12)4-8(3-6)15(18)19/h2-4,9H,5H2,1H3,(H,14,16). The molecule has 0 spiro atoms. The third-order valence-electron chi connectivity index (χ3n) is 2.25. The molecule has 0 radical (unpaired) electrons. The van der Waals surface area contributed by atoms with E-state index in [4.69, 9.17) is 11.6 Å². The van der Waals surface area contributed by atoms with E-state index in [1.807, 2.05) is 22.6 Å². The summed E-state index contributed by atoms with van der Waals surface area (Å²) in [7, 11) is 1.25. The summed E-state index contributed by atoms with van der Waals surface area (Å²) >= 11 is 7.53. The van der Waals surface area contributed by atoms with Crippen molar-refractivity contribution in [2.75, 3.05) is 13.7 Å². The molecule has 0 heterocycles. The van der Waals surface area contributed by atoms with Crippen LogP contribution in [0.2, 0.25) is 5.02 Å². The van der Waals surface area contributed by atoms with E-state index < -0.39 is 20.7 Å². The summed E-state index contributed by atoms with van der Waals surface area (Å²) in [5.41, 5.74) is -0.223. The van der Waals surface area contributed by atoms with Crippen LogP contribution in [0.4, 0.5) is 5.69 Å². The van der Waals surface area contributed by atoms with E-state index in [1.165, 1.54) is 13.2 Å². The van der Waals surface area contributed by atoms with E-state index in [2.05, 4.69) is 10.1 Å². The van der Waals surface area contributed by atoms with Gasteiger partial charge in [0.05, 0.1) is 12.0 Å². The number of hydrogen-bond donors (Lipinski definition) is 1. The first-order valence-corrected chi connectivity index (χ1v) is 6.92. The summed E-state index contributed by atoms with van der Waals surface area (Å²) in [5, 5.41) is 13.2. The van der Waals surface area contributed by atoms with Crippen LogP contribution in [0.25, 0.3) is 0 Å². The molecular weight excluding hydrogens is 402 g/mol. The van der Waals surface area contributed by atoms with Gasteiger partial charge in [-0.3, -0.25) is 19.7 Å². The van der Waals surface area contributed by atoms with Gasteiger partial charge in [0.25, 0.3) is 11.6 Å². The molecular formula is C11H10ClIN2O5. The number of non-ortho nitro benzene ring substituents is 1. The summed E-state index contributed by atoms with van der Waals surface area (Å²) in [6.07, 6.45) is 0. The molecule has 0 saturated heterocycles. The highest BCUT2D eigenvalue weighted by atomic mass is 127.